The third-order valence-electron chi connectivity index (χ3n) is 5.21. The lowest BCUT2D eigenvalue weighted by atomic mass is 9.97. The molecule has 0 aliphatic carbocycles. The van der Waals surface area contributed by atoms with Crippen molar-refractivity contribution in [1.82, 2.24) is 20.5 Å². The number of hydrogen-bond acceptors (Lipinski definition) is 6. The van der Waals surface area contributed by atoms with E-state index in [2.05, 4.69) is 38.4 Å². The highest BCUT2D eigenvalue weighted by molar-refractivity contribution is 7.20. The number of carbonyl (C=O) groups is 1. The quantitative estimate of drug-likeness (QED) is 0.796. The summed E-state index contributed by atoms with van der Waals surface area (Å²) in [5.74, 6) is 0.726. The Morgan fingerprint density at radius 3 is 3.12 bits per heavy atom. The number of nitrogens with zero attached hydrogens (tertiary/aromatic N) is 2. The Bertz CT molecular complexity index is 709. The average Bonchev–Trinajstić information content (AvgIpc) is 3.41. The summed E-state index contributed by atoms with van der Waals surface area (Å²) in [5.41, 5.74) is 1.17. The minimum atomic E-state index is 0.0281. The number of amides is 1. The fourth-order valence-corrected chi connectivity index (χ4v) is 5.49. The first kappa shape index (κ1) is 18.1. The number of thiophene rings is 1. The Balaban J connectivity index is 1.26. The average molecular weight is 391 g/mol. The molecule has 4 rings (SSSR count). The number of carbonyl (C=O) groups excluding carboxylic acids is 1. The van der Waals surface area contributed by atoms with Crippen molar-refractivity contribution in [3.05, 3.63) is 28.6 Å². The Labute approximate surface area is 162 Å². The molecule has 2 aliphatic heterocycles. The van der Waals surface area contributed by atoms with Gasteiger partial charge < -0.3 is 10.6 Å². The zero-order valence-corrected chi connectivity index (χ0v) is 16.6. The summed E-state index contributed by atoms with van der Waals surface area (Å²) in [5, 5.41) is 11.8. The molecule has 4 heterocycles. The molecule has 0 aromatic carbocycles. The van der Waals surface area contributed by atoms with Crippen LogP contribution in [-0.2, 0) is 11.3 Å². The second-order valence-corrected chi connectivity index (χ2v) is 9.06. The molecule has 2 unspecified atom stereocenters. The van der Waals surface area contributed by atoms with E-state index < -0.39 is 0 Å². The van der Waals surface area contributed by atoms with Crippen LogP contribution in [0.4, 0.5) is 0 Å². The number of likely N-dealkylation sites (tertiary alicyclic amines) is 1. The maximum Gasteiger partial charge on any atom is 0.237 e. The molecule has 2 aliphatic rings. The second kappa shape index (κ2) is 8.61. The first-order valence-corrected chi connectivity index (χ1v) is 11.3. The third-order valence-corrected chi connectivity index (χ3v) is 7.14. The van der Waals surface area contributed by atoms with Gasteiger partial charge in [-0.15, -0.1) is 22.7 Å². The monoisotopic (exact) mass is 390 g/mol. The van der Waals surface area contributed by atoms with Crippen molar-refractivity contribution >= 4 is 28.6 Å². The molecule has 1 amide bonds. The second-order valence-electron chi connectivity index (χ2n) is 7.26. The minimum Gasteiger partial charge on any atom is -0.354 e. The lowest BCUT2D eigenvalue weighted by Crippen LogP contribution is -2.45. The molecule has 0 saturated carbocycles. The van der Waals surface area contributed by atoms with Crippen LogP contribution in [-0.4, -0.2) is 48.0 Å². The minimum absolute atomic E-state index is 0.0281. The molecule has 2 atom stereocenters. The summed E-state index contributed by atoms with van der Waals surface area (Å²) in [6, 6.07) is 4.23. The van der Waals surface area contributed by atoms with Gasteiger partial charge in [0.2, 0.25) is 5.91 Å². The summed E-state index contributed by atoms with van der Waals surface area (Å²) >= 11 is 3.48. The fourth-order valence-electron chi connectivity index (χ4n) is 3.86. The molecule has 5 nitrogen and oxygen atoms in total. The molecule has 0 bridgehead atoms. The summed E-state index contributed by atoms with van der Waals surface area (Å²) in [6.07, 6.45) is 4.48. The number of nitrogens with one attached hydrogen (secondary N) is 2. The summed E-state index contributed by atoms with van der Waals surface area (Å²) in [7, 11) is 0. The number of rotatable bonds is 6. The van der Waals surface area contributed by atoms with E-state index >= 15 is 0 Å². The molecule has 2 aromatic rings. The van der Waals surface area contributed by atoms with Gasteiger partial charge in [0.25, 0.3) is 0 Å². The van der Waals surface area contributed by atoms with Crippen molar-refractivity contribution in [1.29, 1.82) is 0 Å². The van der Waals surface area contributed by atoms with E-state index in [1.807, 2.05) is 0 Å². The van der Waals surface area contributed by atoms with Gasteiger partial charge in [-0.25, -0.2) is 4.98 Å². The van der Waals surface area contributed by atoms with Gasteiger partial charge in [-0.05, 0) is 56.1 Å². The van der Waals surface area contributed by atoms with Crippen molar-refractivity contribution in [3.63, 3.8) is 0 Å². The standard InChI is InChI=1S/C19H26N4OS2/c24-18(16-5-1-7-20-16)21-10-14-4-2-8-23(11-14)12-15-13-26-19(22-15)17-6-3-9-25-17/h3,6,9,13-14,16,20H,1-2,4-5,7-8,10-12H2,(H,21,24). The van der Waals surface area contributed by atoms with Crippen molar-refractivity contribution in [2.45, 2.75) is 38.3 Å². The molecule has 2 fully saturated rings. The Hall–Kier alpha value is -1.28. The van der Waals surface area contributed by atoms with E-state index in [0.717, 1.165) is 50.6 Å². The highest BCUT2D eigenvalue weighted by Crippen LogP contribution is 2.28. The molecule has 0 spiro atoms. The van der Waals surface area contributed by atoms with Crippen LogP contribution >= 0.6 is 22.7 Å². The zero-order valence-electron chi connectivity index (χ0n) is 14.9. The lowest BCUT2D eigenvalue weighted by molar-refractivity contribution is -0.123. The van der Waals surface area contributed by atoms with E-state index in [0.29, 0.717) is 5.92 Å². The van der Waals surface area contributed by atoms with E-state index in [9.17, 15) is 4.79 Å². The van der Waals surface area contributed by atoms with Crippen LogP contribution in [0, 0.1) is 5.92 Å². The van der Waals surface area contributed by atoms with Crippen LogP contribution in [0.25, 0.3) is 9.88 Å². The van der Waals surface area contributed by atoms with E-state index in [1.165, 1.54) is 23.4 Å². The van der Waals surface area contributed by atoms with Crippen molar-refractivity contribution in [3.8, 4) is 9.88 Å². The van der Waals surface area contributed by atoms with Gasteiger partial charge >= 0.3 is 0 Å². The molecule has 7 heteroatoms. The molecule has 140 valence electrons. The smallest absolute Gasteiger partial charge is 0.237 e. The van der Waals surface area contributed by atoms with Gasteiger partial charge in [-0.3, -0.25) is 9.69 Å². The maximum absolute atomic E-state index is 12.2. The molecule has 2 aromatic heterocycles. The predicted molar refractivity (Wildman–Crippen MR) is 107 cm³/mol. The van der Waals surface area contributed by atoms with Gasteiger partial charge in [0.15, 0.2) is 0 Å². The van der Waals surface area contributed by atoms with Gasteiger partial charge in [0, 0.05) is 25.0 Å². The number of piperidine rings is 1. The topological polar surface area (TPSA) is 57.3 Å². The molecular formula is C19H26N4OS2. The summed E-state index contributed by atoms with van der Waals surface area (Å²) in [6.45, 7) is 4.85. The Kier molecular flexibility index (Phi) is 5.99. The first-order chi connectivity index (χ1) is 12.8. The van der Waals surface area contributed by atoms with E-state index in [4.69, 9.17) is 4.98 Å². The number of thiazole rings is 1. The van der Waals surface area contributed by atoms with Crippen molar-refractivity contribution < 1.29 is 4.79 Å². The Morgan fingerprint density at radius 2 is 2.31 bits per heavy atom. The summed E-state index contributed by atoms with van der Waals surface area (Å²) in [4.78, 5) is 20.7. The molecule has 2 N–H and O–H groups in total. The van der Waals surface area contributed by atoms with Gasteiger partial charge in [-0.2, -0.15) is 0 Å². The normalized spacial score (nSPS) is 24.0. The van der Waals surface area contributed by atoms with Crippen LogP contribution in [0.5, 0.6) is 0 Å². The Morgan fingerprint density at radius 1 is 1.35 bits per heavy atom. The molecule has 26 heavy (non-hydrogen) atoms. The van der Waals surface area contributed by atoms with Crippen molar-refractivity contribution in [2.24, 2.45) is 5.92 Å². The van der Waals surface area contributed by atoms with E-state index in [1.54, 1.807) is 22.7 Å². The third kappa shape index (κ3) is 4.52. The fraction of sp³-hybridized carbons (Fsp3) is 0.579. The lowest BCUT2D eigenvalue weighted by Gasteiger charge is -2.32. The van der Waals surface area contributed by atoms with Gasteiger partial charge in [-0.1, -0.05) is 6.07 Å². The number of aromatic nitrogens is 1. The van der Waals surface area contributed by atoms with Crippen LogP contribution in [0.15, 0.2) is 22.9 Å². The van der Waals surface area contributed by atoms with Gasteiger partial charge in [0.05, 0.1) is 16.6 Å². The first-order valence-electron chi connectivity index (χ1n) is 9.49. The molecule has 2 saturated heterocycles. The largest absolute Gasteiger partial charge is 0.354 e. The maximum atomic E-state index is 12.2. The van der Waals surface area contributed by atoms with Crippen LogP contribution in [0.3, 0.4) is 0 Å². The molecule has 0 radical (unpaired) electrons. The highest BCUT2D eigenvalue weighted by atomic mass is 32.1. The van der Waals surface area contributed by atoms with Crippen molar-refractivity contribution in [2.75, 3.05) is 26.2 Å². The van der Waals surface area contributed by atoms with Crippen LogP contribution in [0.2, 0.25) is 0 Å². The van der Waals surface area contributed by atoms with Gasteiger partial charge in [0.1, 0.15) is 5.01 Å². The van der Waals surface area contributed by atoms with E-state index in [-0.39, 0.29) is 11.9 Å². The zero-order chi connectivity index (χ0) is 17.8. The predicted octanol–water partition coefficient (Wildman–Crippen LogP) is 2.95. The summed E-state index contributed by atoms with van der Waals surface area (Å²) < 4.78 is 0. The van der Waals surface area contributed by atoms with Crippen LogP contribution in [0.1, 0.15) is 31.4 Å². The number of hydrogen-bond donors (Lipinski definition) is 2. The molecular weight excluding hydrogens is 364 g/mol. The van der Waals surface area contributed by atoms with Crippen LogP contribution < -0.4 is 10.6 Å². The SMILES string of the molecule is O=C(NCC1CCCN(Cc2csc(-c3cccs3)n2)C1)C1CCCN1. The highest BCUT2D eigenvalue weighted by Gasteiger charge is 2.25.